The van der Waals surface area contributed by atoms with Gasteiger partial charge >= 0.3 is 0 Å². The minimum absolute atomic E-state index is 0.180. The second-order valence-electron chi connectivity index (χ2n) is 6.37. The minimum Gasteiger partial charge on any atom is -0.362 e. The molecule has 0 aromatic heterocycles. The second kappa shape index (κ2) is 4.01. The van der Waals surface area contributed by atoms with Gasteiger partial charge in [-0.05, 0) is 23.1 Å². The average molecular weight is 245 g/mol. The lowest BCUT2D eigenvalue weighted by molar-refractivity contribution is 0.501. The molecule has 3 heteroatoms. The number of nitrogens with zero attached hydrogens (tertiary/aromatic N) is 3. The van der Waals surface area contributed by atoms with Gasteiger partial charge in [-0.25, -0.2) is 4.99 Å². The Hall–Kier alpha value is -1.51. The lowest BCUT2D eigenvalue weighted by atomic mass is 9.87. The molecule has 0 fully saturated rings. The molecule has 1 aliphatic heterocycles. The van der Waals surface area contributed by atoms with Gasteiger partial charge in [0.2, 0.25) is 0 Å². The van der Waals surface area contributed by atoms with Crippen molar-refractivity contribution in [1.29, 1.82) is 0 Å². The average Bonchev–Trinajstić information content (AvgIpc) is 2.70. The van der Waals surface area contributed by atoms with Gasteiger partial charge in [0.05, 0.1) is 0 Å². The van der Waals surface area contributed by atoms with Crippen molar-refractivity contribution < 1.29 is 0 Å². The smallest absolute Gasteiger partial charge is 0.138 e. The SMILES string of the molecule is CN(C)C1=NC(N(C)C)=C2C=C(C(C)(C)C)C=C12. The Bertz CT molecular complexity index is 494. The van der Waals surface area contributed by atoms with Crippen LogP contribution in [0, 0.1) is 5.41 Å². The van der Waals surface area contributed by atoms with E-state index in [1.807, 2.05) is 28.2 Å². The Morgan fingerprint density at radius 2 is 1.56 bits per heavy atom. The van der Waals surface area contributed by atoms with E-state index >= 15 is 0 Å². The predicted octanol–water partition coefficient (Wildman–Crippen LogP) is 2.65. The Balaban J connectivity index is 2.51. The normalized spacial score (nSPS) is 18.5. The Morgan fingerprint density at radius 3 is 2.00 bits per heavy atom. The fourth-order valence-corrected chi connectivity index (χ4v) is 2.21. The molecule has 18 heavy (non-hydrogen) atoms. The van der Waals surface area contributed by atoms with Crippen molar-refractivity contribution in [2.24, 2.45) is 10.4 Å². The lowest BCUT2D eigenvalue weighted by Gasteiger charge is -2.19. The quantitative estimate of drug-likeness (QED) is 0.707. The first-order valence-corrected chi connectivity index (χ1v) is 6.34. The highest BCUT2D eigenvalue weighted by Crippen LogP contribution is 2.40. The number of hydrogen-bond donors (Lipinski definition) is 0. The maximum atomic E-state index is 4.72. The van der Waals surface area contributed by atoms with Gasteiger partial charge in [-0.2, -0.15) is 0 Å². The van der Waals surface area contributed by atoms with E-state index in [4.69, 9.17) is 4.99 Å². The molecule has 0 aromatic rings. The van der Waals surface area contributed by atoms with Gasteiger partial charge < -0.3 is 9.80 Å². The van der Waals surface area contributed by atoms with E-state index in [2.05, 4.69) is 42.7 Å². The maximum Gasteiger partial charge on any atom is 0.138 e. The van der Waals surface area contributed by atoms with Gasteiger partial charge in [0.25, 0.3) is 0 Å². The zero-order chi connectivity index (χ0) is 13.7. The summed E-state index contributed by atoms with van der Waals surface area (Å²) in [6.45, 7) is 6.75. The Morgan fingerprint density at radius 1 is 0.944 bits per heavy atom. The van der Waals surface area contributed by atoms with Crippen molar-refractivity contribution in [1.82, 2.24) is 9.80 Å². The molecule has 0 saturated heterocycles. The van der Waals surface area contributed by atoms with Crippen molar-refractivity contribution in [3.05, 3.63) is 34.7 Å². The first-order valence-electron chi connectivity index (χ1n) is 6.34. The standard InChI is InChI=1S/C15H23N3/c1-15(2,3)10-8-11-12(9-10)14(18(6)7)16-13(11)17(4)5/h8-9H,1-7H3. The highest BCUT2D eigenvalue weighted by Gasteiger charge is 2.31. The molecule has 0 saturated carbocycles. The lowest BCUT2D eigenvalue weighted by Crippen LogP contribution is -2.22. The molecule has 0 amide bonds. The van der Waals surface area contributed by atoms with Crippen LogP contribution in [0.15, 0.2) is 39.7 Å². The highest BCUT2D eigenvalue weighted by atomic mass is 15.2. The molecule has 0 unspecified atom stereocenters. The second-order valence-corrected chi connectivity index (χ2v) is 6.37. The predicted molar refractivity (Wildman–Crippen MR) is 77.5 cm³/mol. The highest BCUT2D eigenvalue weighted by molar-refractivity contribution is 6.07. The number of fused-ring (bicyclic) bond motifs is 1. The van der Waals surface area contributed by atoms with Crippen LogP contribution >= 0.6 is 0 Å². The van der Waals surface area contributed by atoms with Crippen LogP contribution in [0.5, 0.6) is 0 Å². The molecule has 1 heterocycles. The first kappa shape index (κ1) is 12.9. The third-order valence-electron chi connectivity index (χ3n) is 3.30. The molecule has 2 aliphatic rings. The fraction of sp³-hybridized carbons (Fsp3) is 0.533. The van der Waals surface area contributed by atoms with Gasteiger partial charge in [-0.15, -0.1) is 0 Å². The summed E-state index contributed by atoms with van der Waals surface area (Å²) in [6.07, 6.45) is 4.56. The Kier molecular flexibility index (Phi) is 2.88. The number of rotatable bonds is 1. The van der Waals surface area contributed by atoms with E-state index in [1.54, 1.807) is 0 Å². The molecule has 0 atom stereocenters. The molecule has 1 aliphatic carbocycles. The van der Waals surface area contributed by atoms with E-state index < -0.39 is 0 Å². The molecule has 98 valence electrons. The third-order valence-corrected chi connectivity index (χ3v) is 3.30. The van der Waals surface area contributed by atoms with Crippen LogP contribution in [0.1, 0.15) is 20.8 Å². The van der Waals surface area contributed by atoms with E-state index in [1.165, 1.54) is 16.7 Å². The molecular weight excluding hydrogens is 222 g/mol. The maximum absolute atomic E-state index is 4.72. The van der Waals surface area contributed by atoms with Crippen LogP contribution in [-0.2, 0) is 0 Å². The summed E-state index contributed by atoms with van der Waals surface area (Å²) in [5.41, 5.74) is 4.07. The Labute approximate surface area is 110 Å². The molecule has 0 aromatic carbocycles. The van der Waals surface area contributed by atoms with E-state index in [0.29, 0.717) is 0 Å². The number of allylic oxidation sites excluding steroid dienone is 3. The summed E-state index contributed by atoms with van der Waals surface area (Å²) < 4.78 is 0. The van der Waals surface area contributed by atoms with E-state index in [-0.39, 0.29) is 5.41 Å². The van der Waals surface area contributed by atoms with E-state index in [9.17, 15) is 0 Å². The van der Waals surface area contributed by atoms with Gasteiger partial charge in [0.15, 0.2) is 0 Å². The van der Waals surface area contributed by atoms with Gasteiger partial charge in [0, 0.05) is 39.3 Å². The molecule has 0 N–H and O–H groups in total. The van der Waals surface area contributed by atoms with Crippen LogP contribution in [-0.4, -0.2) is 43.8 Å². The number of likely N-dealkylation sites (N-methyl/N-ethyl adjacent to an activating group) is 1. The van der Waals surface area contributed by atoms with Crippen LogP contribution in [0.4, 0.5) is 0 Å². The first-order chi connectivity index (χ1) is 8.21. The molecule has 0 spiro atoms. The zero-order valence-electron chi connectivity index (χ0n) is 12.5. The third kappa shape index (κ3) is 1.98. The van der Waals surface area contributed by atoms with Crippen LogP contribution in [0.3, 0.4) is 0 Å². The summed E-state index contributed by atoms with van der Waals surface area (Å²) >= 11 is 0. The summed E-state index contributed by atoms with van der Waals surface area (Å²) in [5.74, 6) is 2.12. The summed E-state index contributed by atoms with van der Waals surface area (Å²) in [5, 5.41) is 0. The van der Waals surface area contributed by atoms with Crippen molar-refractivity contribution in [2.75, 3.05) is 28.2 Å². The van der Waals surface area contributed by atoms with Crippen molar-refractivity contribution in [2.45, 2.75) is 20.8 Å². The van der Waals surface area contributed by atoms with Gasteiger partial charge in [-0.1, -0.05) is 20.8 Å². The number of hydrogen-bond acceptors (Lipinski definition) is 3. The van der Waals surface area contributed by atoms with Crippen molar-refractivity contribution in [3.8, 4) is 0 Å². The minimum atomic E-state index is 0.180. The largest absolute Gasteiger partial charge is 0.362 e. The van der Waals surface area contributed by atoms with Crippen molar-refractivity contribution >= 4 is 5.84 Å². The molecule has 2 rings (SSSR count). The van der Waals surface area contributed by atoms with Crippen molar-refractivity contribution in [3.63, 3.8) is 0 Å². The molecular formula is C15H23N3. The van der Waals surface area contributed by atoms with Crippen LogP contribution in [0.2, 0.25) is 0 Å². The van der Waals surface area contributed by atoms with Crippen LogP contribution < -0.4 is 0 Å². The topological polar surface area (TPSA) is 18.8 Å². The molecule has 0 bridgehead atoms. The number of aliphatic imine (C=N–C) groups is 1. The van der Waals surface area contributed by atoms with Crippen LogP contribution in [0.25, 0.3) is 0 Å². The number of amidine groups is 1. The van der Waals surface area contributed by atoms with Gasteiger partial charge in [-0.3, -0.25) is 0 Å². The summed E-state index contributed by atoms with van der Waals surface area (Å²) in [4.78, 5) is 8.89. The van der Waals surface area contributed by atoms with Gasteiger partial charge in [0.1, 0.15) is 11.7 Å². The summed E-state index contributed by atoms with van der Waals surface area (Å²) in [6, 6.07) is 0. The van der Waals surface area contributed by atoms with E-state index in [0.717, 1.165) is 11.7 Å². The molecule has 3 nitrogen and oxygen atoms in total. The zero-order valence-corrected chi connectivity index (χ0v) is 12.5. The molecule has 0 radical (unpaired) electrons. The monoisotopic (exact) mass is 245 g/mol. The summed E-state index contributed by atoms with van der Waals surface area (Å²) in [7, 11) is 8.19. The fourth-order valence-electron chi connectivity index (χ4n) is 2.21.